The van der Waals surface area contributed by atoms with Crippen molar-refractivity contribution in [1.82, 2.24) is 9.97 Å². The van der Waals surface area contributed by atoms with Crippen molar-refractivity contribution in [1.29, 1.82) is 0 Å². The maximum absolute atomic E-state index is 6.11. The van der Waals surface area contributed by atoms with Crippen LogP contribution in [0.15, 0.2) is 72.8 Å². The molecule has 0 unspecified atom stereocenters. The zero-order chi connectivity index (χ0) is 19.3. The summed E-state index contributed by atoms with van der Waals surface area (Å²) < 4.78 is 16.8. The fraction of sp³-hybridized carbons (Fsp3) is 0.130. The summed E-state index contributed by atoms with van der Waals surface area (Å²) in [5.41, 5.74) is 2.69. The van der Waals surface area contributed by atoms with Gasteiger partial charge in [-0.3, -0.25) is 0 Å². The molecule has 0 N–H and O–H groups in total. The van der Waals surface area contributed by atoms with E-state index < -0.39 is 0 Å². The van der Waals surface area contributed by atoms with E-state index in [1.54, 1.807) is 14.2 Å². The number of para-hydroxylation sites is 1. The lowest BCUT2D eigenvalue weighted by Crippen LogP contribution is -2.02. The topological polar surface area (TPSA) is 53.5 Å². The molecule has 0 aliphatic carbocycles. The zero-order valence-corrected chi connectivity index (χ0v) is 15.8. The number of ether oxygens (including phenoxy) is 3. The van der Waals surface area contributed by atoms with E-state index in [1.165, 1.54) is 0 Å². The number of methoxy groups -OCH3 is 2. The third-order valence-corrected chi connectivity index (χ3v) is 4.46. The first-order chi connectivity index (χ1) is 13.8. The molecule has 4 rings (SSSR count). The average molecular weight is 372 g/mol. The molecule has 140 valence electrons. The molecule has 0 aliphatic heterocycles. The normalized spacial score (nSPS) is 10.6. The fourth-order valence-electron chi connectivity index (χ4n) is 2.99. The quantitative estimate of drug-likeness (QED) is 0.482. The number of rotatable bonds is 6. The van der Waals surface area contributed by atoms with E-state index in [0.29, 0.717) is 24.1 Å². The molecule has 0 atom stereocenters. The highest BCUT2D eigenvalue weighted by molar-refractivity contribution is 5.85. The van der Waals surface area contributed by atoms with Gasteiger partial charge in [0.15, 0.2) is 5.82 Å². The summed E-state index contributed by atoms with van der Waals surface area (Å²) in [7, 11) is 3.26. The standard InChI is InChI=1S/C23H20N2O3/c1-26-18-13-12-17(21(14-18)27-2)15-28-23-19-10-6-7-11-20(19)24-22(25-23)16-8-4-3-5-9-16/h3-14H,15H2,1-2H3. The lowest BCUT2D eigenvalue weighted by Gasteiger charge is -2.13. The van der Waals surface area contributed by atoms with E-state index in [2.05, 4.69) is 9.97 Å². The maximum atomic E-state index is 6.11. The molecule has 3 aromatic carbocycles. The molecule has 0 fully saturated rings. The van der Waals surface area contributed by atoms with Gasteiger partial charge in [0.2, 0.25) is 5.88 Å². The van der Waals surface area contributed by atoms with Crippen LogP contribution in [0.3, 0.4) is 0 Å². The van der Waals surface area contributed by atoms with E-state index in [1.807, 2.05) is 72.8 Å². The van der Waals surface area contributed by atoms with Crippen molar-refractivity contribution in [3.63, 3.8) is 0 Å². The first-order valence-electron chi connectivity index (χ1n) is 8.94. The average Bonchev–Trinajstić information content (AvgIpc) is 2.77. The van der Waals surface area contributed by atoms with Crippen LogP contribution in [-0.2, 0) is 6.61 Å². The molecule has 4 aromatic rings. The highest BCUT2D eigenvalue weighted by Crippen LogP contribution is 2.29. The minimum atomic E-state index is 0.322. The summed E-state index contributed by atoms with van der Waals surface area (Å²) in [6.45, 7) is 0.322. The van der Waals surface area contributed by atoms with Crippen molar-refractivity contribution in [2.45, 2.75) is 6.61 Å². The van der Waals surface area contributed by atoms with E-state index >= 15 is 0 Å². The van der Waals surface area contributed by atoms with Gasteiger partial charge in [-0.2, -0.15) is 4.98 Å². The molecular weight excluding hydrogens is 352 g/mol. The van der Waals surface area contributed by atoms with Gasteiger partial charge in [-0.05, 0) is 24.3 Å². The molecule has 1 aromatic heterocycles. The Morgan fingerprint density at radius 1 is 0.786 bits per heavy atom. The largest absolute Gasteiger partial charge is 0.497 e. The van der Waals surface area contributed by atoms with Crippen LogP contribution in [0.25, 0.3) is 22.3 Å². The molecule has 0 saturated carbocycles. The molecule has 0 spiro atoms. The first-order valence-corrected chi connectivity index (χ1v) is 8.94. The third-order valence-electron chi connectivity index (χ3n) is 4.46. The summed E-state index contributed by atoms with van der Waals surface area (Å²) >= 11 is 0. The van der Waals surface area contributed by atoms with E-state index in [4.69, 9.17) is 14.2 Å². The van der Waals surface area contributed by atoms with Crippen molar-refractivity contribution in [3.05, 3.63) is 78.4 Å². The number of hydrogen-bond donors (Lipinski definition) is 0. The van der Waals surface area contributed by atoms with Gasteiger partial charge in [0.1, 0.15) is 18.1 Å². The maximum Gasteiger partial charge on any atom is 0.225 e. The van der Waals surface area contributed by atoms with Crippen LogP contribution in [-0.4, -0.2) is 24.2 Å². The summed E-state index contributed by atoms with van der Waals surface area (Å²) in [5.74, 6) is 2.62. The molecular formula is C23H20N2O3. The summed E-state index contributed by atoms with van der Waals surface area (Å²) in [6, 6.07) is 23.4. The van der Waals surface area contributed by atoms with Crippen LogP contribution in [0.2, 0.25) is 0 Å². The van der Waals surface area contributed by atoms with Gasteiger partial charge in [0.05, 0.1) is 25.1 Å². The second kappa shape index (κ2) is 7.96. The van der Waals surface area contributed by atoms with Gasteiger partial charge < -0.3 is 14.2 Å². The second-order valence-corrected chi connectivity index (χ2v) is 6.20. The smallest absolute Gasteiger partial charge is 0.225 e. The minimum absolute atomic E-state index is 0.322. The highest BCUT2D eigenvalue weighted by Gasteiger charge is 2.12. The van der Waals surface area contributed by atoms with Crippen LogP contribution in [0.1, 0.15) is 5.56 Å². The molecule has 5 nitrogen and oxygen atoms in total. The van der Waals surface area contributed by atoms with Crippen molar-refractivity contribution in [3.8, 4) is 28.8 Å². The van der Waals surface area contributed by atoms with Gasteiger partial charge >= 0.3 is 0 Å². The summed E-state index contributed by atoms with van der Waals surface area (Å²) in [6.07, 6.45) is 0. The number of hydrogen-bond acceptors (Lipinski definition) is 5. The van der Waals surface area contributed by atoms with E-state index in [9.17, 15) is 0 Å². The Morgan fingerprint density at radius 2 is 1.57 bits per heavy atom. The Balaban J connectivity index is 1.70. The van der Waals surface area contributed by atoms with Gasteiger partial charge in [0, 0.05) is 17.2 Å². The van der Waals surface area contributed by atoms with Crippen LogP contribution < -0.4 is 14.2 Å². The Labute approximate surface area is 163 Å². The predicted octanol–water partition coefficient (Wildman–Crippen LogP) is 4.89. The van der Waals surface area contributed by atoms with Crippen LogP contribution in [0, 0.1) is 0 Å². The molecule has 0 radical (unpaired) electrons. The number of benzene rings is 3. The van der Waals surface area contributed by atoms with Crippen molar-refractivity contribution in [2.75, 3.05) is 14.2 Å². The molecule has 1 heterocycles. The minimum Gasteiger partial charge on any atom is -0.497 e. The van der Waals surface area contributed by atoms with Gasteiger partial charge in [0.25, 0.3) is 0 Å². The van der Waals surface area contributed by atoms with Crippen molar-refractivity contribution in [2.24, 2.45) is 0 Å². The van der Waals surface area contributed by atoms with Gasteiger partial charge in [-0.25, -0.2) is 4.98 Å². The zero-order valence-electron chi connectivity index (χ0n) is 15.8. The molecule has 0 saturated heterocycles. The van der Waals surface area contributed by atoms with Crippen molar-refractivity contribution < 1.29 is 14.2 Å². The molecule has 0 amide bonds. The third kappa shape index (κ3) is 3.60. The molecule has 0 bridgehead atoms. The highest BCUT2D eigenvalue weighted by atomic mass is 16.5. The first kappa shape index (κ1) is 17.8. The molecule has 0 aliphatic rings. The summed E-state index contributed by atoms with van der Waals surface area (Å²) in [4.78, 5) is 9.36. The molecule has 5 heteroatoms. The number of aromatic nitrogens is 2. The van der Waals surface area contributed by atoms with Gasteiger partial charge in [-0.1, -0.05) is 42.5 Å². The Hall–Kier alpha value is -3.60. The van der Waals surface area contributed by atoms with E-state index in [-0.39, 0.29) is 0 Å². The number of fused-ring (bicyclic) bond motifs is 1. The Bertz CT molecular complexity index is 1100. The SMILES string of the molecule is COc1ccc(COc2nc(-c3ccccc3)nc3ccccc23)c(OC)c1. The second-order valence-electron chi connectivity index (χ2n) is 6.20. The predicted molar refractivity (Wildman–Crippen MR) is 109 cm³/mol. The summed E-state index contributed by atoms with van der Waals surface area (Å²) in [5, 5.41) is 0.870. The van der Waals surface area contributed by atoms with Crippen molar-refractivity contribution >= 4 is 10.9 Å². The van der Waals surface area contributed by atoms with Gasteiger partial charge in [-0.15, -0.1) is 0 Å². The lowest BCUT2D eigenvalue weighted by atomic mass is 10.2. The molecule has 28 heavy (non-hydrogen) atoms. The Kier molecular flexibility index (Phi) is 5.06. The monoisotopic (exact) mass is 372 g/mol. The van der Waals surface area contributed by atoms with Crippen LogP contribution in [0.4, 0.5) is 0 Å². The van der Waals surface area contributed by atoms with Crippen LogP contribution in [0.5, 0.6) is 17.4 Å². The van der Waals surface area contributed by atoms with Crippen LogP contribution >= 0.6 is 0 Å². The number of nitrogens with zero attached hydrogens (tertiary/aromatic N) is 2. The Morgan fingerprint density at radius 3 is 2.36 bits per heavy atom. The fourth-order valence-corrected chi connectivity index (χ4v) is 2.99. The lowest BCUT2D eigenvalue weighted by molar-refractivity contribution is 0.288. The van der Waals surface area contributed by atoms with E-state index in [0.717, 1.165) is 27.8 Å².